The minimum atomic E-state index is -1.01. The average molecular weight is 200 g/mol. The zero-order valence-electron chi connectivity index (χ0n) is 8.01. The number of rotatable bonds is 3. The molecule has 0 spiro atoms. The Hall–Kier alpha value is -1.30. The van der Waals surface area contributed by atoms with Crippen LogP contribution in [0.3, 0.4) is 0 Å². The summed E-state index contributed by atoms with van der Waals surface area (Å²) in [6, 6.07) is -1.01. The summed E-state index contributed by atoms with van der Waals surface area (Å²) in [5, 5.41) is 3.27. The summed E-state index contributed by atoms with van der Waals surface area (Å²) in [5.41, 5.74) is 13.3. The third-order valence-electron chi connectivity index (χ3n) is 1.85. The highest BCUT2D eigenvalue weighted by Gasteiger charge is 2.39. The second-order valence-electron chi connectivity index (χ2n) is 3.42. The van der Waals surface area contributed by atoms with Crippen LogP contribution in [0.1, 0.15) is 13.8 Å². The Bertz CT molecular complexity index is 283. The number of azide groups is 1. The number of primary amides is 1. The molecule has 0 aliphatic carbocycles. The highest BCUT2D eigenvalue weighted by Crippen LogP contribution is 2.25. The van der Waals surface area contributed by atoms with Crippen LogP contribution in [0.2, 0.25) is 0 Å². The fraction of sp³-hybridized carbons (Fsp3) is 0.857. The van der Waals surface area contributed by atoms with Crippen molar-refractivity contribution in [3.63, 3.8) is 0 Å². The van der Waals surface area contributed by atoms with Crippen molar-refractivity contribution in [2.75, 3.05) is 6.61 Å². The molecule has 7 heteroatoms. The molecule has 78 valence electrons. The van der Waals surface area contributed by atoms with Gasteiger partial charge in [0.1, 0.15) is 12.1 Å². The van der Waals surface area contributed by atoms with Gasteiger partial charge in [0.25, 0.3) is 0 Å². The first-order valence-electron chi connectivity index (χ1n) is 4.11. The summed E-state index contributed by atoms with van der Waals surface area (Å²) in [4.78, 5) is 13.4. The van der Waals surface area contributed by atoms with Crippen molar-refractivity contribution < 1.29 is 14.3 Å². The third kappa shape index (κ3) is 2.35. The molecule has 1 heterocycles. The topological polar surface area (TPSA) is 110 Å². The molecule has 1 aliphatic rings. The molecule has 2 unspecified atom stereocenters. The molecule has 0 aromatic heterocycles. The van der Waals surface area contributed by atoms with Gasteiger partial charge in [0.15, 0.2) is 5.79 Å². The van der Waals surface area contributed by atoms with Crippen LogP contribution in [0.15, 0.2) is 5.11 Å². The molecule has 0 aromatic carbocycles. The Morgan fingerprint density at radius 2 is 2.43 bits per heavy atom. The summed E-state index contributed by atoms with van der Waals surface area (Å²) in [5.74, 6) is -1.47. The van der Waals surface area contributed by atoms with E-state index in [1.807, 2.05) is 0 Å². The van der Waals surface area contributed by atoms with Crippen LogP contribution >= 0.6 is 0 Å². The van der Waals surface area contributed by atoms with Gasteiger partial charge in [0.05, 0.1) is 6.61 Å². The first-order chi connectivity index (χ1) is 6.46. The molecule has 14 heavy (non-hydrogen) atoms. The predicted molar refractivity (Wildman–Crippen MR) is 47.0 cm³/mol. The largest absolute Gasteiger partial charge is 0.369 e. The summed E-state index contributed by atoms with van der Waals surface area (Å²) >= 11 is 0. The van der Waals surface area contributed by atoms with E-state index >= 15 is 0 Å². The van der Waals surface area contributed by atoms with E-state index in [1.54, 1.807) is 13.8 Å². The van der Waals surface area contributed by atoms with Gasteiger partial charge in [-0.15, -0.1) is 0 Å². The molecule has 2 N–H and O–H groups in total. The van der Waals surface area contributed by atoms with E-state index in [-0.39, 0.29) is 6.61 Å². The zero-order valence-corrected chi connectivity index (χ0v) is 8.01. The number of nitrogens with zero attached hydrogens (tertiary/aromatic N) is 3. The van der Waals surface area contributed by atoms with Gasteiger partial charge in [0, 0.05) is 4.91 Å². The Morgan fingerprint density at radius 1 is 1.79 bits per heavy atom. The van der Waals surface area contributed by atoms with Gasteiger partial charge in [0.2, 0.25) is 5.91 Å². The van der Waals surface area contributed by atoms with Gasteiger partial charge in [-0.05, 0) is 19.4 Å². The monoisotopic (exact) mass is 200 g/mol. The maximum absolute atomic E-state index is 10.9. The molecule has 1 aliphatic heterocycles. The first kappa shape index (κ1) is 10.8. The van der Waals surface area contributed by atoms with E-state index in [4.69, 9.17) is 20.7 Å². The van der Waals surface area contributed by atoms with Crippen molar-refractivity contribution >= 4 is 5.91 Å². The average Bonchev–Trinajstić information content (AvgIpc) is 2.41. The molecular weight excluding hydrogens is 188 g/mol. The van der Waals surface area contributed by atoms with Crippen LogP contribution in [0.4, 0.5) is 0 Å². The highest BCUT2D eigenvalue weighted by molar-refractivity contribution is 5.80. The molecule has 1 amide bonds. The molecule has 1 saturated heterocycles. The minimum absolute atomic E-state index is 0.194. The Labute approximate surface area is 80.8 Å². The van der Waals surface area contributed by atoms with Crippen LogP contribution < -0.4 is 5.73 Å². The van der Waals surface area contributed by atoms with Gasteiger partial charge < -0.3 is 15.2 Å². The van der Waals surface area contributed by atoms with Crippen LogP contribution in [-0.4, -0.2) is 30.4 Å². The predicted octanol–water partition coefficient (Wildman–Crippen LogP) is 0.302. The lowest BCUT2D eigenvalue weighted by Crippen LogP contribution is -2.39. The second-order valence-corrected chi connectivity index (χ2v) is 3.42. The lowest BCUT2D eigenvalue weighted by Gasteiger charge is -2.18. The van der Waals surface area contributed by atoms with Crippen molar-refractivity contribution in [3.05, 3.63) is 10.4 Å². The fourth-order valence-corrected chi connectivity index (χ4v) is 1.24. The van der Waals surface area contributed by atoms with Crippen LogP contribution in [0, 0.1) is 0 Å². The molecular formula is C7H12N4O3. The maximum Gasteiger partial charge on any atom is 0.229 e. The van der Waals surface area contributed by atoms with Gasteiger partial charge in [-0.1, -0.05) is 5.11 Å². The standard InChI is InChI=1S/C7H12N4O3/c1-7(2)13-3-4(14-7)5(6(8)12)10-11-9/h4-5H,3H2,1-2H3,(H2,8,12). The zero-order chi connectivity index (χ0) is 10.8. The summed E-state index contributed by atoms with van der Waals surface area (Å²) in [6.07, 6.45) is -0.599. The number of nitrogens with two attached hydrogens (primary N) is 1. The van der Waals surface area contributed by atoms with Gasteiger partial charge >= 0.3 is 0 Å². The number of ether oxygens (including phenoxy) is 2. The van der Waals surface area contributed by atoms with Gasteiger partial charge in [-0.2, -0.15) is 0 Å². The summed E-state index contributed by atoms with van der Waals surface area (Å²) in [6.45, 7) is 3.61. The van der Waals surface area contributed by atoms with Crippen LogP contribution in [0.25, 0.3) is 10.4 Å². The lowest BCUT2D eigenvalue weighted by molar-refractivity contribution is -0.144. The van der Waals surface area contributed by atoms with Gasteiger partial charge in [-0.3, -0.25) is 4.79 Å². The SMILES string of the molecule is CC1(C)OCC(C(N=[N+]=[N-])C(N)=O)O1. The van der Waals surface area contributed by atoms with Crippen molar-refractivity contribution in [2.45, 2.75) is 31.8 Å². The lowest BCUT2D eigenvalue weighted by atomic mass is 10.2. The fourth-order valence-electron chi connectivity index (χ4n) is 1.24. The van der Waals surface area contributed by atoms with E-state index in [9.17, 15) is 4.79 Å². The molecule has 0 radical (unpaired) electrons. The quantitative estimate of drug-likeness (QED) is 0.401. The molecule has 1 rings (SSSR count). The molecule has 0 bridgehead atoms. The van der Waals surface area contributed by atoms with E-state index in [0.717, 1.165) is 0 Å². The molecule has 0 aromatic rings. The van der Waals surface area contributed by atoms with Crippen molar-refractivity contribution in [2.24, 2.45) is 10.8 Å². The number of carbonyl (C=O) groups excluding carboxylic acids is 1. The summed E-state index contributed by atoms with van der Waals surface area (Å²) < 4.78 is 10.6. The number of carbonyl (C=O) groups is 1. The second kappa shape index (κ2) is 3.83. The van der Waals surface area contributed by atoms with E-state index < -0.39 is 23.8 Å². The van der Waals surface area contributed by atoms with Gasteiger partial charge in [-0.25, -0.2) is 0 Å². The Balaban J connectivity index is 2.72. The maximum atomic E-state index is 10.9. The Kier molecular flexibility index (Phi) is 2.95. The molecule has 2 atom stereocenters. The van der Waals surface area contributed by atoms with E-state index in [0.29, 0.717) is 0 Å². The number of hydrogen-bond acceptors (Lipinski definition) is 4. The first-order valence-corrected chi connectivity index (χ1v) is 4.11. The number of amides is 1. The highest BCUT2D eigenvalue weighted by atomic mass is 16.7. The molecule has 7 nitrogen and oxygen atoms in total. The van der Waals surface area contributed by atoms with Crippen LogP contribution in [0.5, 0.6) is 0 Å². The van der Waals surface area contributed by atoms with Crippen molar-refractivity contribution in [1.82, 2.24) is 0 Å². The van der Waals surface area contributed by atoms with Crippen molar-refractivity contribution in [1.29, 1.82) is 0 Å². The van der Waals surface area contributed by atoms with Crippen molar-refractivity contribution in [3.8, 4) is 0 Å². The van der Waals surface area contributed by atoms with E-state index in [2.05, 4.69) is 10.0 Å². The Morgan fingerprint density at radius 3 is 2.79 bits per heavy atom. The third-order valence-corrected chi connectivity index (χ3v) is 1.85. The molecule has 1 fully saturated rings. The minimum Gasteiger partial charge on any atom is -0.369 e. The smallest absolute Gasteiger partial charge is 0.229 e. The normalized spacial score (nSPS) is 26.6. The van der Waals surface area contributed by atoms with E-state index in [1.165, 1.54) is 0 Å². The summed E-state index contributed by atoms with van der Waals surface area (Å²) in [7, 11) is 0. The molecule has 0 saturated carbocycles. The van der Waals surface area contributed by atoms with Crippen LogP contribution in [-0.2, 0) is 14.3 Å². The number of hydrogen-bond donors (Lipinski definition) is 1.